The molecule has 2 N–H and O–H groups in total. The van der Waals surface area contributed by atoms with E-state index in [9.17, 15) is 34.6 Å². The van der Waals surface area contributed by atoms with Gasteiger partial charge in [0, 0.05) is 34.9 Å². The molecule has 0 radical (unpaired) electrons. The molecule has 2 heterocycles. The van der Waals surface area contributed by atoms with E-state index in [0.717, 1.165) is 9.58 Å². The van der Waals surface area contributed by atoms with Crippen LogP contribution in [0.5, 0.6) is 0 Å². The summed E-state index contributed by atoms with van der Waals surface area (Å²) >= 11 is 6.01. The van der Waals surface area contributed by atoms with Crippen LogP contribution >= 0.6 is 11.6 Å². The molecule has 0 saturated carbocycles. The fourth-order valence-corrected chi connectivity index (χ4v) is 4.26. The van der Waals surface area contributed by atoms with Gasteiger partial charge in [-0.25, -0.2) is 9.48 Å². The Bertz CT molecular complexity index is 1770. The molecule has 40 heavy (non-hydrogen) atoms. The van der Waals surface area contributed by atoms with Crippen molar-refractivity contribution in [2.45, 2.75) is 6.54 Å². The van der Waals surface area contributed by atoms with Gasteiger partial charge in [-0.3, -0.25) is 39.8 Å². The third kappa shape index (κ3) is 4.96. The number of carbonyl (C=O) groups excluding carboxylic acids is 2. The highest BCUT2D eigenvalue weighted by molar-refractivity contribution is 6.30. The maximum Gasteiger partial charge on any atom is 0.329 e. The number of nitro groups is 2. The lowest BCUT2D eigenvalue weighted by Gasteiger charge is -2.11. The summed E-state index contributed by atoms with van der Waals surface area (Å²) in [6, 6.07) is 16.6. The van der Waals surface area contributed by atoms with Gasteiger partial charge in [0.05, 0.1) is 33.3 Å². The second kappa shape index (κ2) is 10.3. The first-order valence-corrected chi connectivity index (χ1v) is 11.9. The van der Waals surface area contributed by atoms with E-state index in [4.69, 9.17) is 11.6 Å². The Morgan fingerprint density at radius 2 is 1.55 bits per heavy atom. The van der Waals surface area contributed by atoms with Gasteiger partial charge in [-0.2, -0.15) is 0 Å². The molecule has 3 aromatic carbocycles. The molecule has 0 spiro atoms. The number of hydrogen-bond acceptors (Lipinski definition) is 7. The first-order chi connectivity index (χ1) is 19.1. The molecule has 1 aliphatic rings. The van der Waals surface area contributed by atoms with Crippen LogP contribution in [0.2, 0.25) is 5.02 Å². The Balaban J connectivity index is 1.55. The second-order valence-corrected chi connectivity index (χ2v) is 9.06. The predicted molar refractivity (Wildman–Crippen MR) is 144 cm³/mol. The number of aromatic nitrogens is 2. The van der Waals surface area contributed by atoms with Crippen molar-refractivity contribution in [3.63, 3.8) is 0 Å². The average Bonchev–Trinajstić information content (AvgIpc) is 3.40. The Morgan fingerprint density at radius 1 is 0.875 bits per heavy atom. The predicted octanol–water partition coefficient (Wildman–Crippen LogP) is 4.40. The van der Waals surface area contributed by atoms with Gasteiger partial charge in [-0.15, -0.1) is 0 Å². The monoisotopic (exact) mass is 560 g/mol. The zero-order valence-corrected chi connectivity index (χ0v) is 21.0. The van der Waals surface area contributed by atoms with Crippen molar-refractivity contribution in [3.05, 3.63) is 125 Å². The maximum absolute atomic E-state index is 13.5. The summed E-state index contributed by atoms with van der Waals surface area (Å²) in [4.78, 5) is 61.2. The van der Waals surface area contributed by atoms with Crippen molar-refractivity contribution in [1.29, 1.82) is 0 Å². The van der Waals surface area contributed by atoms with Crippen LogP contribution in [0.1, 0.15) is 11.1 Å². The zero-order valence-electron chi connectivity index (χ0n) is 20.2. The number of hydrogen-bond donors (Lipinski definition) is 2. The number of amides is 3. The number of urea groups is 1. The van der Waals surface area contributed by atoms with Crippen molar-refractivity contribution in [1.82, 2.24) is 20.0 Å². The van der Waals surface area contributed by atoms with Crippen molar-refractivity contribution >= 4 is 41.0 Å². The minimum Gasteiger partial charge on any atom is -0.303 e. The van der Waals surface area contributed by atoms with Crippen LogP contribution in [0.4, 0.5) is 16.2 Å². The van der Waals surface area contributed by atoms with Gasteiger partial charge < -0.3 is 5.32 Å². The molecule has 13 nitrogen and oxygen atoms in total. The minimum absolute atomic E-state index is 0.0292. The third-order valence-electron chi connectivity index (χ3n) is 6.09. The molecular formula is C26H17ClN6O7. The van der Waals surface area contributed by atoms with E-state index < -0.39 is 27.3 Å². The molecule has 0 aliphatic carbocycles. The van der Waals surface area contributed by atoms with Crippen molar-refractivity contribution in [2.75, 3.05) is 0 Å². The maximum atomic E-state index is 13.5. The Morgan fingerprint density at radius 3 is 2.20 bits per heavy atom. The lowest BCUT2D eigenvalue weighted by Crippen LogP contribution is -2.30. The summed E-state index contributed by atoms with van der Waals surface area (Å²) in [6.45, 7) is -0.228. The summed E-state index contributed by atoms with van der Waals surface area (Å²) in [5.41, 5.74) is 0.404. The number of non-ortho nitro benzene ring substituents is 2. The number of halogens is 1. The number of imide groups is 1. The van der Waals surface area contributed by atoms with Gasteiger partial charge in [0.25, 0.3) is 22.8 Å². The van der Waals surface area contributed by atoms with E-state index in [2.05, 4.69) is 10.4 Å². The largest absolute Gasteiger partial charge is 0.329 e. The van der Waals surface area contributed by atoms with Crippen LogP contribution in [-0.2, 0) is 11.3 Å². The molecule has 0 unspecified atom stereocenters. The topological polar surface area (TPSA) is 173 Å². The summed E-state index contributed by atoms with van der Waals surface area (Å²) in [5, 5.41) is 28.0. The van der Waals surface area contributed by atoms with Gasteiger partial charge in [0.2, 0.25) is 0 Å². The highest BCUT2D eigenvalue weighted by Gasteiger charge is 2.34. The van der Waals surface area contributed by atoms with E-state index in [0.29, 0.717) is 27.5 Å². The molecule has 3 amide bonds. The molecule has 14 heteroatoms. The lowest BCUT2D eigenvalue weighted by atomic mass is 10.1. The van der Waals surface area contributed by atoms with E-state index in [1.807, 2.05) is 0 Å². The number of H-pyrrole nitrogens is 1. The van der Waals surface area contributed by atoms with Gasteiger partial charge >= 0.3 is 6.03 Å². The first-order valence-electron chi connectivity index (χ1n) is 11.6. The van der Waals surface area contributed by atoms with Gasteiger partial charge in [0.1, 0.15) is 5.70 Å². The SMILES string of the molecule is O=C1NC(=Cc2c(-c3ccc(Cl)cc3)[nH]n(-c3ccc([N+](=O)[O-])cc3)c2=O)C(=O)N1Cc1cccc([N+](=O)[O-])c1. The Hall–Kier alpha value is -5.56. The molecule has 0 atom stereocenters. The summed E-state index contributed by atoms with van der Waals surface area (Å²) < 4.78 is 1.15. The summed E-state index contributed by atoms with van der Waals surface area (Å²) in [6.07, 6.45) is 1.23. The molecule has 1 aliphatic heterocycles. The lowest BCUT2D eigenvalue weighted by molar-refractivity contribution is -0.385. The van der Waals surface area contributed by atoms with Gasteiger partial charge in [-0.1, -0.05) is 35.9 Å². The van der Waals surface area contributed by atoms with Crippen LogP contribution in [0.15, 0.2) is 83.3 Å². The van der Waals surface area contributed by atoms with Gasteiger partial charge in [0.15, 0.2) is 0 Å². The van der Waals surface area contributed by atoms with E-state index in [1.165, 1.54) is 48.5 Å². The molecule has 1 fully saturated rings. The summed E-state index contributed by atoms with van der Waals surface area (Å²) in [5.74, 6) is -0.735. The second-order valence-electron chi connectivity index (χ2n) is 8.63. The van der Waals surface area contributed by atoms with Crippen LogP contribution < -0.4 is 10.9 Å². The number of nitrogens with one attached hydrogen (secondary N) is 2. The quantitative estimate of drug-likeness (QED) is 0.146. The molecule has 1 saturated heterocycles. The number of aromatic amines is 1. The zero-order chi connectivity index (χ0) is 28.6. The molecule has 1 aromatic heterocycles. The number of benzene rings is 3. The normalized spacial score (nSPS) is 14.0. The third-order valence-corrected chi connectivity index (χ3v) is 6.34. The Labute approximate surface area is 229 Å². The van der Waals surface area contributed by atoms with Crippen LogP contribution in [0.25, 0.3) is 23.0 Å². The van der Waals surface area contributed by atoms with Crippen molar-refractivity contribution < 1.29 is 19.4 Å². The molecule has 4 aromatic rings. The number of nitro benzene ring substituents is 2. The van der Waals surface area contributed by atoms with E-state index >= 15 is 0 Å². The standard InChI is InChI=1S/C26H17ClN6O7/c27-17-6-4-16(5-7-17)23-21(24(34)31(29-23)18-8-10-19(11-9-18)32(37)38)13-22-25(35)30(26(36)28-22)14-15-2-1-3-20(12-15)33(39)40/h1-13,29H,14H2,(H,28,36). The number of carbonyl (C=O) groups is 2. The van der Waals surface area contributed by atoms with Gasteiger partial charge in [-0.05, 0) is 35.9 Å². The van der Waals surface area contributed by atoms with E-state index in [-0.39, 0.29) is 29.2 Å². The van der Waals surface area contributed by atoms with Crippen molar-refractivity contribution in [2.24, 2.45) is 0 Å². The molecular weight excluding hydrogens is 544 g/mol. The smallest absolute Gasteiger partial charge is 0.303 e. The average molecular weight is 561 g/mol. The molecule has 200 valence electrons. The molecule has 0 bridgehead atoms. The van der Waals surface area contributed by atoms with Crippen LogP contribution in [0.3, 0.4) is 0 Å². The van der Waals surface area contributed by atoms with Crippen LogP contribution in [0, 0.1) is 20.2 Å². The fourth-order valence-electron chi connectivity index (χ4n) is 4.14. The van der Waals surface area contributed by atoms with Crippen molar-refractivity contribution in [3.8, 4) is 16.9 Å². The highest BCUT2D eigenvalue weighted by atomic mass is 35.5. The first kappa shape index (κ1) is 26.1. The minimum atomic E-state index is -0.762. The highest BCUT2D eigenvalue weighted by Crippen LogP contribution is 2.26. The molecule has 5 rings (SSSR count). The van der Waals surface area contributed by atoms with Crippen LogP contribution in [-0.4, -0.2) is 36.5 Å². The Kier molecular flexibility index (Phi) is 6.71. The number of nitrogens with zero attached hydrogens (tertiary/aromatic N) is 4. The summed E-state index contributed by atoms with van der Waals surface area (Å²) in [7, 11) is 0. The number of rotatable bonds is 7. The van der Waals surface area contributed by atoms with E-state index in [1.54, 1.807) is 30.3 Å². The fraction of sp³-hybridized carbons (Fsp3) is 0.0385.